The van der Waals surface area contributed by atoms with Gasteiger partial charge in [0.1, 0.15) is 12.4 Å². The van der Waals surface area contributed by atoms with E-state index in [1.54, 1.807) is 36.4 Å². The Kier molecular flexibility index (Phi) is 10.8. The summed E-state index contributed by atoms with van der Waals surface area (Å²) in [5.41, 5.74) is 2.19. The summed E-state index contributed by atoms with van der Waals surface area (Å²) in [7, 11) is 0. The maximum atomic E-state index is 12.2. The number of hydrogen-bond donors (Lipinski definition) is 0. The van der Waals surface area contributed by atoms with Gasteiger partial charge < -0.3 is 14.2 Å². The number of nitriles is 1. The molecule has 164 valence electrons. The molecular formula is C25H29NO5. The van der Waals surface area contributed by atoms with Crippen molar-refractivity contribution in [2.45, 2.75) is 45.4 Å². The van der Waals surface area contributed by atoms with Crippen LogP contribution in [-0.4, -0.2) is 31.8 Å². The van der Waals surface area contributed by atoms with Crippen LogP contribution >= 0.6 is 0 Å². The Hall–Kier alpha value is -3.17. The first-order valence-electron chi connectivity index (χ1n) is 10.7. The first-order valence-corrected chi connectivity index (χ1v) is 10.7. The number of aryl methyl sites for hydroxylation is 1. The standard InChI is InChI=1S/C25H29NO5/c1-2-29-19-24(27)30-17-7-5-3-4-6-8-20-9-13-22(14-10-20)25(28)31-23-15-11-21(18-26)12-16-23/h9-16H,2-8,17,19H2,1H3. The average molecular weight is 424 g/mol. The van der Waals surface area contributed by atoms with Gasteiger partial charge in [0.2, 0.25) is 0 Å². The van der Waals surface area contributed by atoms with E-state index >= 15 is 0 Å². The molecule has 0 saturated heterocycles. The molecule has 0 aliphatic carbocycles. The highest BCUT2D eigenvalue weighted by Crippen LogP contribution is 2.15. The second kappa shape index (κ2) is 13.9. The van der Waals surface area contributed by atoms with Gasteiger partial charge in [-0.15, -0.1) is 0 Å². The van der Waals surface area contributed by atoms with Gasteiger partial charge in [-0.05, 0) is 68.1 Å². The van der Waals surface area contributed by atoms with Gasteiger partial charge in [0.25, 0.3) is 0 Å². The summed E-state index contributed by atoms with van der Waals surface area (Å²) in [5.74, 6) is -0.304. The van der Waals surface area contributed by atoms with E-state index in [9.17, 15) is 9.59 Å². The third kappa shape index (κ3) is 9.45. The lowest BCUT2D eigenvalue weighted by atomic mass is 10.0. The molecule has 0 heterocycles. The Morgan fingerprint density at radius 2 is 1.58 bits per heavy atom. The van der Waals surface area contributed by atoms with E-state index in [-0.39, 0.29) is 12.6 Å². The zero-order valence-electron chi connectivity index (χ0n) is 18.0. The molecule has 6 nitrogen and oxygen atoms in total. The van der Waals surface area contributed by atoms with Crippen molar-refractivity contribution in [3.63, 3.8) is 0 Å². The van der Waals surface area contributed by atoms with Gasteiger partial charge in [0.15, 0.2) is 0 Å². The molecule has 0 aromatic heterocycles. The molecule has 0 radical (unpaired) electrons. The van der Waals surface area contributed by atoms with Crippen molar-refractivity contribution in [3.05, 3.63) is 65.2 Å². The van der Waals surface area contributed by atoms with E-state index in [2.05, 4.69) is 0 Å². The Morgan fingerprint density at radius 3 is 2.26 bits per heavy atom. The summed E-state index contributed by atoms with van der Waals surface area (Å²) in [6, 6.07) is 15.9. The number of rotatable bonds is 13. The van der Waals surface area contributed by atoms with E-state index < -0.39 is 5.97 Å². The van der Waals surface area contributed by atoms with Gasteiger partial charge in [-0.1, -0.05) is 31.4 Å². The topological polar surface area (TPSA) is 85.6 Å². The zero-order valence-corrected chi connectivity index (χ0v) is 18.0. The van der Waals surface area contributed by atoms with Gasteiger partial charge in [-0.3, -0.25) is 0 Å². The summed E-state index contributed by atoms with van der Waals surface area (Å²) in [6.45, 7) is 2.84. The second-order valence-corrected chi connectivity index (χ2v) is 7.10. The van der Waals surface area contributed by atoms with E-state index in [4.69, 9.17) is 19.5 Å². The Balaban J connectivity index is 1.60. The summed E-state index contributed by atoms with van der Waals surface area (Å²) >= 11 is 0. The molecule has 0 aliphatic rings. The smallest absolute Gasteiger partial charge is 0.343 e. The molecule has 0 spiro atoms. The third-order valence-corrected chi connectivity index (χ3v) is 4.68. The Bertz CT molecular complexity index is 853. The van der Waals surface area contributed by atoms with Gasteiger partial charge in [0.05, 0.1) is 23.8 Å². The number of carbonyl (C=O) groups excluding carboxylic acids is 2. The van der Waals surface area contributed by atoms with Crippen molar-refractivity contribution in [2.24, 2.45) is 0 Å². The number of carbonyl (C=O) groups is 2. The second-order valence-electron chi connectivity index (χ2n) is 7.10. The predicted molar refractivity (Wildman–Crippen MR) is 117 cm³/mol. The summed E-state index contributed by atoms with van der Waals surface area (Å²) in [4.78, 5) is 23.5. The van der Waals surface area contributed by atoms with Crippen LogP contribution in [0.5, 0.6) is 5.75 Å². The molecule has 2 rings (SSSR count). The summed E-state index contributed by atoms with van der Waals surface area (Å²) in [5, 5.41) is 8.80. The fraction of sp³-hybridized carbons (Fsp3) is 0.400. The highest BCUT2D eigenvalue weighted by atomic mass is 16.6. The predicted octanol–water partition coefficient (Wildman–Crippen LogP) is 4.85. The summed E-state index contributed by atoms with van der Waals surface area (Å²) in [6.07, 6.45) is 6.12. The van der Waals surface area contributed by atoms with Crippen LogP contribution in [0.3, 0.4) is 0 Å². The third-order valence-electron chi connectivity index (χ3n) is 4.68. The SMILES string of the molecule is CCOCC(=O)OCCCCCCCc1ccc(C(=O)Oc2ccc(C#N)cc2)cc1. The lowest BCUT2D eigenvalue weighted by molar-refractivity contribution is -0.148. The summed E-state index contributed by atoms with van der Waals surface area (Å²) < 4.78 is 15.4. The molecule has 0 atom stereocenters. The number of hydrogen-bond acceptors (Lipinski definition) is 6. The Morgan fingerprint density at radius 1 is 0.903 bits per heavy atom. The van der Waals surface area contributed by atoms with Gasteiger partial charge >= 0.3 is 11.9 Å². The van der Waals surface area contributed by atoms with E-state index in [0.29, 0.717) is 30.1 Å². The number of unbranched alkanes of at least 4 members (excludes halogenated alkanes) is 4. The maximum absolute atomic E-state index is 12.2. The molecular weight excluding hydrogens is 394 g/mol. The zero-order chi connectivity index (χ0) is 22.3. The van der Waals surface area contributed by atoms with Gasteiger partial charge in [0, 0.05) is 6.61 Å². The minimum absolute atomic E-state index is 0.0302. The van der Waals surface area contributed by atoms with E-state index in [1.807, 2.05) is 25.1 Å². The van der Waals surface area contributed by atoms with Crippen LogP contribution in [0.4, 0.5) is 0 Å². The molecule has 0 bridgehead atoms. The quantitative estimate of drug-likeness (QED) is 0.260. The number of benzene rings is 2. The Labute approximate surface area is 183 Å². The van der Waals surface area contributed by atoms with Gasteiger partial charge in [-0.2, -0.15) is 5.26 Å². The lowest BCUT2D eigenvalue weighted by Crippen LogP contribution is -2.13. The van der Waals surface area contributed by atoms with Crippen LogP contribution in [-0.2, 0) is 20.7 Å². The van der Waals surface area contributed by atoms with Crippen molar-refractivity contribution in [1.82, 2.24) is 0 Å². The minimum Gasteiger partial charge on any atom is -0.464 e. The number of ether oxygens (including phenoxy) is 3. The lowest BCUT2D eigenvalue weighted by Gasteiger charge is -2.06. The molecule has 2 aromatic carbocycles. The van der Waals surface area contributed by atoms with Crippen molar-refractivity contribution in [1.29, 1.82) is 5.26 Å². The minimum atomic E-state index is -0.418. The molecule has 0 N–H and O–H groups in total. The number of nitrogens with zero attached hydrogens (tertiary/aromatic N) is 1. The van der Waals surface area contributed by atoms with Crippen molar-refractivity contribution in [3.8, 4) is 11.8 Å². The fourth-order valence-corrected chi connectivity index (χ4v) is 2.95. The van der Waals surface area contributed by atoms with Crippen molar-refractivity contribution in [2.75, 3.05) is 19.8 Å². The highest BCUT2D eigenvalue weighted by molar-refractivity contribution is 5.91. The molecule has 31 heavy (non-hydrogen) atoms. The van der Waals surface area contributed by atoms with Crippen LogP contribution < -0.4 is 4.74 Å². The average Bonchev–Trinajstić information content (AvgIpc) is 2.80. The van der Waals surface area contributed by atoms with Crippen LogP contribution in [0.25, 0.3) is 0 Å². The van der Waals surface area contributed by atoms with E-state index in [1.165, 1.54) is 5.56 Å². The van der Waals surface area contributed by atoms with Crippen LogP contribution in [0.2, 0.25) is 0 Å². The van der Waals surface area contributed by atoms with E-state index in [0.717, 1.165) is 38.5 Å². The van der Waals surface area contributed by atoms with Crippen LogP contribution in [0, 0.1) is 11.3 Å². The normalized spacial score (nSPS) is 10.3. The monoisotopic (exact) mass is 423 g/mol. The molecule has 2 aromatic rings. The number of esters is 2. The fourth-order valence-electron chi connectivity index (χ4n) is 2.95. The van der Waals surface area contributed by atoms with Crippen molar-refractivity contribution < 1.29 is 23.8 Å². The first-order chi connectivity index (χ1) is 15.1. The van der Waals surface area contributed by atoms with Crippen LogP contribution in [0.1, 0.15) is 60.5 Å². The highest BCUT2D eigenvalue weighted by Gasteiger charge is 2.08. The van der Waals surface area contributed by atoms with Crippen molar-refractivity contribution >= 4 is 11.9 Å². The van der Waals surface area contributed by atoms with Gasteiger partial charge in [-0.25, -0.2) is 9.59 Å². The first kappa shape index (κ1) is 24.1. The molecule has 0 fully saturated rings. The molecule has 0 amide bonds. The molecule has 6 heteroatoms. The molecule has 0 saturated carbocycles. The largest absolute Gasteiger partial charge is 0.464 e. The maximum Gasteiger partial charge on any atom is 0.343 e. The molecule has 0 aliphatic heterocycles. The molecule has 0 unspecified atom stereocenters. The van der Waals surface area contributed by atoms with Crippen LogP contribution in [0.15, 0.2) is 48.5 Å².